The van der Waals surface area contributed by atoms with Crippen molar-refractivity contribution in [2.24, 2.45) is 5.10 Å². The summed E-state index contributed by atoms with van der Waals surface area (Å²) < 4.78 is 0. The molecule has 0 fully saturated rings. The fourth-order valence-electron chi connectivity index (χ4n) is 2.44. The van der Waals surface area contributed by atoms with Gasteiger partial charge < -0.3 is 4.90 Å². The molecule has 0 radical (unpaired) electrons. The van der Waals surface area contributed by atoms with E-state index in [4.69, 9.17) is 0 Å². The molecule has 1 N–H and O–H groups in total. The van der Waals surface area contributed by atoms with Gasteiger partial charge in [0.25, 0.3) is 0 Å². The third kappa shape index (κ3) is 4.16. The summed E-state index contributed by atoms with van der Waals surface area (Å²) in [7, 11) is 0. The highest BCUT2D eigenvalue weighted by atomic mass is 16.2. The van der Waals surface area contributed by atoms with Gasteiger partial charge in [-0.05, 0) is 37.8 Å². The monoisotopic (exact) mass is 301 g/mol. The van der Waals surface area contributed by atoms with Crippen molar-refractivity contribution < 1.29 is 9.59 Å². The van der Waals surface area contributed by atoms with E-state index in [0.717, 1.165) is 37.2 Å². The molecule has 0 unspecified atom stereocenters. The fraction of sp³-hybridized carbons (Fsp3) is 0.471. The van der Waals surface area contributed by atoms with Gasteiger partial charge in [0.1, 0.15) is 0 Å². The van der Waals surface area contributed by atoms with E-state index >= 15 is 0 Å². The standard InChI is InChI=1S/C17H23N3O2/c1-3-13(2)18-19-16(21)10-11-17(22)20-12-6-8-14-7-4-5-9-15(14)20/h4-5,7,9H,3,6,8,10-12H2,1-2H3,(H,19,21). The van der Waals surface area contributed by atoms with E-state index < -0.39 is 0 Å². The molecule has 22 heavy (non-hydrogen) atoms. The zero-order valence-corrected chi connectivity index (χ0v) is 13.3. The van der Waals surface area contributed by atoms with Crippen LogP contribution >= 0.6 is 0 Å². The summed E-state index contributed by atoms with van der Waals surface area (Å²) >= 11 is 0. The van der Waals surface area contributed by atoms with Crippen LogP contribution in [0.1, 0.15) is 45.1 Å². The number of nitrogens with one attached hydrogen (secondary N) is 1. The topological polar surface area (TPSA) is 61.8 Å². The molecule has 5 nitrogen and oxygen atoms in total. The van der Waals surface area contributed by atoms with Gasteiger partial charge in [-0.2, -0.15) is 5.10 Å². The number of hydrogen-bond donors (Lipinski definition) is 1. The molecule has 1 aliphatic rings. The van der Waals surface area contributed by atoms with Crippen molar-refractivity contribution in [3.8, 4) is 0 Å². The van der Waals surface area contributed by atoms with E-state index in [1.54, 1.807) is 4.90 Å². The van der Waals surface area contributed by atoms with Crippen LogP contribution in [-0.4, -0.2) is 24.1 Å². The normalized spacial score (nSPS) is 14.5. The fourth-order valence-corrected chi connectivity index (χ4v) is 2.44. The van der Waals surface area contributed by atoms with Crippen molar-refractivity contribution >= 4 is 23.2 Å². The Morgan fingerprint density at radius 3 is 2.82 bits per heavy atom. The number of carbonyl (C=O) groups excluding carboxylic acids is 2. The van der Waals surface area contributed by atoms with Gasteiger partial charge in [-0.25, -0.2) is 5.43 Å². The largest absolute Gasteiger partial charge is 0.312 e. The number of hydrazone groups is 1. The number of carbonyl (C=O) groups is 2. The first kappa shape index (κ1) is 16.2. The molecule has 0 bridgehead atoms. The van der Waals surface area contributed by atoms with E-state index in [2.05, 4.69) is 16.6 Å². The SMILES string of the molecule is CCC(C)=NNC(=O)CCC(=O)N1CCCc2ccccc21. The smallest absolute Gasteiger partial charge is 0.240 e. The second-order valence-corrected chi connectivity index (χ2v) is 5.51. The van der Waals surface area contributed by atoms with E-state index in [-0.39, 0.29) is 24.7 Å². The Balaban J connectivity index is 1.90. The van der Waals surface area contributed by atoms with Crippen molar-refractivity contribution in [3.63, 3.8) is 0 Å². The molecule has 0 saturated heterocycles. The second-order valence-electron chi connectivity index (χ2n) is 5.51. The number of anilines is 1. The second kappa shape index (κ2) is 7.73. The molecule has 1 aliphatic heterocycles. The van der Waals surface area contributed by atoms with Gasteiger partial charge in [0.15, 0.2) is 0 Å². The summed E-state index contributed by atoms with van der Waals surface area (Å²) in [5.74, 6) is -0.218. The minimum atomic E-state index is -0.216. The van der Waals surface area contributed by atoms with Gasteiger partial charge in [0, 0.05) is 30.8 Å². The molecule has 0 atom stereocenters. The van der Waals surface area contributed by atoms with Crippen LogP contribution in [-0.2, 0) is 16.0 Å². The summed E-state index contributed by atoms with van der Waals surface area (Å²) in [4.78, 5) is 25.9. The number of nitrogens with zero attached hydrogens (tertiary/aromatic N) is 2. The highest BCUT2D eigenvalue weighted by Gasteiger charge is 2.22. The zero-order valence-electron chi connectivity index (χ0n) is 13.3. The first-order valence-corrected chi connectivity index (χ1v) is 7.82. The van der Waals surface area contributed by atoms with Crippen molar-refractivity contribution in [2.75, 3.05) is 11.4 Å². The average Bonchev–Trinajstić information content (AvgIpc) is 2.56. The molecule has 118 valence electrons. The maximum absolute atomic E-state index is 12.4. The summed E-state index contributed by atoms with van der Waals surface area (Å²) in [5, 5.41) is 3.96. The maximum atomic E-state index is 12.4. The van der Waals surface area contributed by atoms with Gasteiger partial charge in [0.05, 0.1) is 0 Å². The number of benzene rings is 1. The van der Waals surface area contributed by atoms with Crippen LogP contribution in [0.2, 0.25) is 0 Å². The average molecular weight is 301 g/mol. The Bertz CT molecular complexity index is 581. The minimum Gasteiger partial charge on any atom is -0.312 e. The minimum absolute atomic E-state index is 0.00140. The van der Waals surface area contributed by atoms with Crippen molar-refractivity contribution in [3.05, 3.63) is 29.8 Å². The van der Waals surface area contributed by atoms with E-state index in [1.807, 2.05) is 32.0 Å². The van der Waals surface area contributed by atoms with Crippen LogP contribution in [0, 0.1) is 0 Å². The predicted molar refractivity (Wildman–Crippen MR) is 87.9 cm³/mol. The van der Waals surface area contributed by atoms with E-state index in [1.165, 1.54) is 5.56 Å². The molecule has 0 aromatic heterocycles. The number of rotatable bonds is 5. The highest BCUT2D eigenvalue weighted by molar-refractivity contribution is 5.96. The third-order valence-corrected chi connectivity index (χ3v) is 3.86. The highest BCUT2D eigenvalue weighted by Crippen LogP contribution is 2.27. The summed E-state index contributed by atoms with van der Waals surface area (Å²) in [6, 6.07) is 7.97. The maximum Gasteiger partial charge on any atom is 0.240 e. The lowest BCUT2D eigenvalue weighted by Gasteiger charge is -2.29. The number of fused-ring (bicyclic) bond motifs is 1. The molecular weight excluding hydrogens is 278 g/mol. The summed E-state index contributed by atoms with van der Waals surface area (Å²) in [5.41, 5.74) is 5.54. The Hall–Kier alpha value is -2.17. The molecule has 2 rings (SSSR count). The Morgan fingerprint density at radius 2 is 2.05 bits per heavy atom. The quantitative estimate of drug-likeness (QED) is 0.671. The molecule has 0 saturated carbocycles. The van der Waals surface area contributed by atoms with Crippen molar-refractivity contribution in [1.82, 2.24) is 5.43 Å². The third-order valence-electron chi connectivity index (χ3n) is 3.86. The van der Waals surface area contributed by atoms with Crippen LogP contribution in [0.5, 0.6) is 0 Å². The molecule has 0 aliphatic carbocycles. The Labute approximate surface area is 131 Å². The van der Waals surface area contributed by atoms with Crippen LogP contribution in [0.25, 0.3) is 0 Å². The molecule has 1 heterocycles. The summed E-state index contributed by atoms with van der Waals surface area (Å²) in [6.07, 6.45) is 3.14. The van der Waals surface area contributed by atoms with Crippen LogP contribution in [0.3, 0.4) is 0 Å². The molecule has 2 amide bonds. The van der Waals surface area contributed by atoms with Crippen molar-refractivity contribution in [2.45, 2.75) is 46.0 Å². The first-order valence-electron chi connectivity index (χ1n) is 7.82. The van der Waals surface area contributed by atoms with Crippen LogP contribution in [0.4, 0.5) is 5.69 Å². The van der Waals surface area contributed by atoms with E-state index in [0.29, 0.717) is 0 Å². The molecule has 1 aromatic rings. The Kier molecular flexibility index (Phi) is 5.69. The Morgan fingerprint density at radius 1 is 1.27 bits per heavy atom. The number of hydrogen-bond acceptors (Lipinski definition) is 3. The van der Waals surface area contributed by atoms with E-state index in [9.17, 15) is 9.59 Å². The zero-order chi connectivity index (χ0) is 15.9. The van der Waals surface area contributed by atoms with Crippen molar-refractivity contribution in [1.29, 1.82) is 0 Å². The first-order chi connectivity index (χ1) is 10.6. The summed E-state index contributed by atoms with van der Waals surface area (Å²) in [6.45, 7) is 4.56. The molecule has 1 aromatic carbocycles. The van der Waals surface area contributed by atoms with Gasteiger partial charge in [-0.3, -0.25) is 9.59 Å². The predicted octanol–water partition coefficient (Wildman–Crippen LogP) is 2.65. The molecule has 5 heteroatoms. The molecular formula is C17H23N3O2. The number of para-hydroxylation sites is 1. The number of amides is 2. The van der Waals surface area contributed by atoms with Gasteiger partial charge in [-0.15, -0.1) is 0 Å². The lowest BCUT2D eigenvalue weighted by molar-refractivity contribution is -0.125. The van der Waals surface area contributed by atoms with Gasteiger partial charge in [-0.1, -0.05) is 25.1 Å². The van der Waals surface area contributed by atoms with Crippen LogP contribution in [0.15, 0.2) is 29.4 Å². The lowest BCUT2D eigenvalue weighted by atomic mass is 10.0. The van der Waals surface area contributed by atoms with Gasteiger partial charge in [0.2, 0.25) is 11.8 Å². The van der Waals surface area contributed by atoms with Gasteiger partial charge >= 0.3 is 0 Å². The molecule has 0 spiro atoms. The van der Waals surface area contributed by atoms with Crippen LogP contribution < -0.4 is 10.3 Å². The lowest BCUT2D eigenvalue weighted by Crippen LogP contribution is -2.36. The number of aryl methyl sites for hydroxylation is 1.